The maximum absolute atomic E-state index is 12.6. The Kier molecular flexibility index (Phi) is 6.09. The molecule has 0 saturated carbocycles. The number of hydrogen-bond donors (Lipinski definition) is 1. The molecule has 0 aromatic heterocycles. The molecule has 1 aliphatic heterocycles. The number of carbonyl (C=O) groups is 2. The van der Waals surface area contributed by atoms with Crippen molar-refractivity contribution in [3.8, 4) is 0 Å². The molecule has 2 aromatic rings. The highest BCUT2D eigenvalue weighted by Gasteiger charge is 2.34. The molecule has 0 bridgehead atoms. The summed E-state index contributed by atoms with van der Waals surface area (Å²) in [6, 6.07) is 12.3. The molecular formula is C19H17Cl2N3O2S. The first-order chi connectivity index (χ1) is 12.8. The summed E-state index contributed by atoms with van der Waals surface area (Å²) in [5.74, 6) is -0.422. The number of nitrogens with zero attached hydrogens (tertiary/aromatic N) is 2. The number of anilines is 1. The van der Waals surface area contributed by atoms with E-state index in [0.29, 0.717) is 26.6 Å². The second kappa shape index (κ2) is 8.33. The molecular weight excluding hydrogens is 405 g/mol. The number of hydrogen-bond acceptors (Lipinski definition) is 4. The topological polar surface area (TPSA) is 61.8 Å². The third-order valence-corrected chi connectivity index (χ3v) is 5.95. The number of nitrogens with one attached hydrogen (secondary N) is 1. The minimum Gasteiger partial charge on any atom is -0.325 e. The van der Waals surface area contributed by atoms with Crippen molar-refractivity contribution in [3.05, 3.63) is 58.1 Å². The molecule has 1 heterocycles. The van der Waals surface area contributed by atoms with E-state index in [-0.39, 0.29) is 18.2 Å². The molecule has 27 heavy (non-hydrogen) atoms. The molecule has 1 atom stereocenters. The molecule has 0 aliphatic carbocycles. The van der Waals surface area contributed by atoms with Crippen molar-refractivity contribution in [2.75, 3.05) is 12.4 Å². The number of thioether (sulfide) groups is 1. The molecule has 2 amide bonds. The molecule has 1 unspecified atom stereocenters. The van der Waals surface area contributed by atoms with Gasteiger partial charge in [0.15, 0.2) is 5.17 Å². The lowest BCUT2D eigenvalue weighted by Gasteiger charge is -2.28. The lowest BCUT2D eigenvalue weighted by atomic mass is 10.2. The van der Waals surface area contributed by atoms with Crippen LogP contribution in [-0.2, 0) is 9.59 Å². The monoisotopic (exact) mass is 421 g/mol. The van der Waals surface area contributed by atoms with Gasteiger partial charge in [-0.3, -0.25) is 14.5 Å². The van der Waals surface area contributed by atoms with Gasteiger partial charge in [-0.1, -0.05) is 41.0 Å². The molecule has 5 nitrogen and oxygen atoms in total. The Labute approximate surface area is 171 Å². The van der Waals surface area contributed by atoms with Crippen LogP contribution in [0.25, 0.3) is 0 Å². The van der Waals surface area contributed by atoms with Crippen molar-refractivity contribution in [2.24, 2.45) is 4.99 Å². The minimum absolute atomic E-state index is 0.103. The lowest BCUT2D eigenvalue weighted by Crippen LogP contribution is -2.43. The Morgan fingerprint density at radius 2 is 1.93 bits per heavy atom. The van der Waals surface area contributed by atoms with Crippen LogP contribution in [0.1, 0.15) is 12.0 Å². The predicted molar refractivity (Wildman–Crippen MR) is 112 cm³/mol. The van der Waals surface area contributed by atoms with Gasteiger partial charge in [-0.2, -0.15) is 0 Å². The van der Waals surface area contributed by atoms with Gasteiger partial charge < -0.3 is 5.32 Å². The van der Waals surface area contributed by atoms with E-state index < -0.39 is 5.25 Å². The largest absolute Gasteiger partial charge is 0.325 e. The van der Waals surface area contributed by atoms with Crippen molar-refractivity contribution in [1.29, 1.82) is 0 Å². The smallest absolute Gasteiger partial charge is 0.238 e. The molecule has 1 aliphatic rings. The van der Waals surface area contributed by atoms with Gasteiger partial charge in [0, 0.05) is 29.2 Å². The molecule has 1 N–H and O–H groups in total. The number of halogens is 2. The fourth-order valence-corrected chi connectivity index (χ4v) is 3.79. The highest BCUT2D eigenvalue weighted by Crippen LogP contribution is 2.30. The van der Waals surface area contributed by atoms with Crippen LogP contribution in [0.5, 0.6) is 0 Å². The standard InChI is InChI=1S/C19H17Cl2N3O2S/c1-11-3-6-14(9-15(11)21)22-18(26)16-10-17(25)24(2)19(27-16)23-13-7-4-12(20)5-8-13/h3-9,16H,10H2,1-2H3,(H,22,26). The van der Waals surface area contributed by atoms with E-state index in [1.807, 2.05) is 13.0 Å². The first-order valence-electron chi connectivity index (χ1n) is 8.18. The van der Waals surface area contributed by atoms with Gasteiger partial charge in [0.25, 0.3) is 0 Å². The van der Waals surface area contributed by atoms with Crippen LogP contribution >= 0.6 is 35.0 Å². The Hall–Kier alpha value is -2.02. The van der Waals surface area contributed by atoms with Crippen LogP contribution in [0.15, 0.2) is 47.5 Å². The van der Waals surface area contributed by atoms with Crippen LogP contribution in [0.3, 0.4) is 0 Å². The fraction of sp³-hybridized carbons (Fsp3) is 0.211. The third-order valence-electron chi connectivity index (χ3n) is 4.05. The second-order valence-electron chi connectivity index (χ2n) is 6.09. The van der Waals surface area contributed by atoms with Gasteiger partial charge >= 0.3 is 0 Å². The average molecular weight is 422 g/mol. The van der Waals surface area contributed by atoms with Gasteiger partial charge in [-0.05, 0) is 48.9 Å². The fourth-order valence-electron chi connectivity index (χ4n) is 2.42. The van der Waals surface area contributed by atoms with E-state index in [9.17, 15) is 9.59 Å². The van der Waals surface area contributed by atoms with Crippen molar-refractivity contribution >= 4 is 63.3 Å². The number of benzene rings is 2. The predicted octanol–water partition coefficient (Wildman–Crippen LogP) is 4.89. The van der Waals surface area contributed by atoms with Crippen molar-refractivity contribution < 1.29 is 9.59 Å². The third kappa shape index (κ3) is 4.83. The van der Waals surface area contributed by atoms with Crippen LogP contribution in [0, 0.1) is 6.92 Å². The van der Waals surface area contributed by atoms with Crippen LogP contribution < -0.4 is 5.32 Å². The van der Waals surface area contributed by atoms with Crippen LogP contribution in [0.4, 0.5) is 11.4 Å². The summed E-state index contributed by atoms with van der Waals surface area (Å²) in [6.07, 6.45) is 0.103. The second-order valence-corrected chi connectivity index (χ2v) is 8.10. The quantitative estimate of drug-likeness (QED) is 0.766. The van der Waals surface area contributed by atoms with Crippen molar-refractivity contribution in [3.63, 3.8) is 0 Å². The Morgan fingerprint density at radius 1 is 1.22 bits per heavy atom. The zero-order chi connectivity index (χ0) is 19.6. The molecule has 1 fully saturated rings. The first-order valence-corrected chi connectivity index (χ1v) is 9.81. The number of aryl methyl sites for hydroxylation is 1. The molecule has 140 valence electrons. The molecule has 8 heteroatoms. The summed E-state index contributed by atoms with van der Waals surface area (Å²) < 4.78 is 0. The summed E-state index contributed by atoms with van der Waals surface area (Å²) in [7, 11) is 1.65. The summed E-state index contributed by atoms with van der Waals surface area (Å²) in [6.45, 7) is 1.89. The molecule has 0 radical (unpaired) electrons. The zero-order valence-corrected chi connectivity index (χ0v) is 17.0. The molecule has 0 spiro atoms. The average Bonchev–Trinajstić information content (AvgIpc) is 2.63. The number of aliphatic imine (C=N–C) groups is 1. The van der Waals surface area contributed by atoms with Crippen LogP contribution in [-0.4, -0.2) is 34.2 Å². The van der Waals surface area contributed by atoms with Crippen molar-refractivity contribution in [2.45, 2.75) is 18.6 Å². The Balaban J connectivity index is 1.77. The van der Waals surface area contributed by atoms with Crippen LogP contribution in [0.2, 0.25) is 10.0 Å². The molecule has 3 rings (SSSR count). The van der Waals surface area contributed by atoms with E-state index >= 15 is 0 Å². The van der Waals surface area contributed by atoms with E-state index in [0.717, 1.165) is 5.56 Å². The Morgan fingerprint density at radius 3 is 2.59 bits per heavy atom. The number of amidine groups is 1. The Bertz CT molecular complexity index is 916. The first kappa shape index (κ1) is 19.7. The normalized spacial score (nSPS) is 18.7. The summed E-state index contributed by atoms with van der Waals surface area (Å²) in [5.41, 5.74) is 2.18. The summed E-state index contributed by atoms with van der Waals surface area (Å²) in [5, 5.41) is 3.90. The van der Waals surface area contributed by atoms with Gasteiger partial charge in [0.2, 0.25) is 11.8 Å². The number of carbonyl (C=O) groups excluding carboxylic acids is 2. The summed E-state index contributed by atoms with van der Waals surface area (Å²) >= 11 is 13.2. The number of amides is 2. The van der Waals surface area contributed by atoms with E-state index in [1.165, 1.54) is 16.7 Å². The van der Waals surface area contributed by atoms with Gasteiger partial charge in [0.05, 0.1) is 5.69 Å². The summed E-state index contributed by atoms with van der Waals surface area (Å²) in [4.78, 5) is 30.9. The highest BCUT2D eigenvalue weighted by molar-refractivity contribution is 8.15. The maximum Gasteiger partial charge on any atom is 0.238 e. The van der Waals surface area contributed by atoms with Gasteiger partial charge in [-0.15, -0.1) is 0 Å². The molecule has 2 aromatic carbocycles. The van der Waals surface area contributed by atoms with E-state index in [2.05, 4.69) is 10.3 Å². The highest BCUT2D eigenvalue weighted by atomic mass is 35.5. The minimum atomic E-state index is -0.570. The zero-order valence-electron chi connectivity index (χ0n) is 14.7. The maximum atomic E-state index is 12.6. The SMILES string of the molecule is Cc1ccc(NC(=O)C2CC(=O)N(C)C(=Nc3ccc(Cl)cc3)S2)cc1Cl. The molecule has 1 saturated heterocycles. The van der Waals surface area contributed by atoms with Gasteiger partial charge in [0.1, 0.15) is 5.25 Å². The lowest BCUT2D eigenvalue weighted by molar-refractivity contribution is -0.128. The van der Waals surface area contributed by atoms with Crippen molar-refractivity contribution in [1.82, 2.24) is 4.90 Å². The number of rotatable bonds is 3. The van der Waals surface area contributed by atoms with Gasteiger partial charge in [-0.25, -0.2) is 4.99 Å². The van der Waals surface area contributed by atoms with E-state index in [1.54, 1.807) is 43.4 Å². The van der Waals surface area contributed by atoms with E-state index in [4.69, 9.17) is 23.2 Å².